The second-order valence-electron chi connectivity index (χ2n) is 7.39. The van der Waals surface area contributed by atoms with Crippen LogP contribution < -0.4 is 20.1 Å². The molecule has 0 atom stereocenters. The lowest BCUT2D eigenvalue weighted by molar-refractivity contribution is -0.112. The maximum Gasteiger partial charge on any atom is 0.267 e. The van der Waals surface area contributed by atoms with Gasteiger partial charge in [-0.25, -0.2) is 0 Å². The summed E-state index contributed by atoms with van der Waals surface area (Å²) in [5.74, 6) is 0.979. The standard InChI is InChI=1S/C28H29N3O3S/c1-3-33-25-15-14-21(18-26(25)34-4-2)16-17-30-20-22(19-29)28(32)31-24-12-8-9-13-27(24)35-23-10-6-5-7-11-23/h5-15,18,20,30H,3-4,16-17H2,1-2H3,(H,31,32)/b22-20-. The lowest BCUT2D eigenvalue weighted by Crippen LogP contribution is -2.18. The minimum absolute atomic E-state index is 0.00575. The molecule has 0 aliphatic heterocycles. The summed E-state index contributed by atoms with van der Waals surface area (Å²) in [6.07, 6.45) is 2.15. The van der Waals surface area contributed by atoms with Crippen LogP contribution in [0, 0.1) is 11.3 Å². The first-order chi connectivity index (χ1) is 17.1. The van der Waals surface area contributed by atoms with Crippen molar-refractivity contribution < 1.29 is 14.3 Å². The van der Waals surface area contributed by atoms with E-state index in [0.717, 1.165) is 21.1 Å². The number of nitriles is 1. The Morgan fingerprint density at radius 2 is 1.69 bits per heavy atom. The van der Waals surface area contributed by atoms with Gasteiger partial charge in [0.15, 0.2) is 11.5 Å². The van der Waals surface area contributed by atoms with Crippen LogP contribution in [0.25, 0.3) is 0 Å². The fourth-order valence-electron chi connectivity index (χ4n) is 3.25. The fourth-order valence-corrected chi connectivity index (χ4v) is 4.18. The Morgan fingerprint density at radius 1 is 0.971 bits per heavy atom. The van der Waals surface area contributed by atoms with E-state index < -0.39 is 5.91 Å². The summed E-state index contributed by atoms with van der Waals surface area (Å²) >= 11 is 1.55. The van der Waals surface area contributed by atoms with Gasteiger partial charge in [-0.2, -0.15) is 5.26 Å². The molecule has 0 aromatic heterocycles. The van der Waals surface area contributed by atoms with Crippen molar-refractivity contribution in [3.05, 3.63) is 90.1 Å². The molecule has 35 heavy (non-hydrogen) atoms. The van der Waals surface area contributed by atoms with Crippen molar-refractivity contribution in [1.82, 2.24) is 5.32 Å². The highest BCUT2D eigenvalue weighted by atomic mass is 32.2. The number of amides is 1. The number of anilines is 1. The Kier molecular flexibility index (Phi) is 10.1. The van der Waals surface area contributed by atoms with E-state index in [2.05, 4.69) is 10.6 Å². The first kappa shape index (κ1) is 25.7. The molecule has 0 saturated heterocycles. The lowest BCUT2D eigenvalue weighted by Gasteiger charge is -2.12. The number of hydrogen-bond donors (Lipinski definition) is 2. The molecule has 0 radical (unpaired) electrons. The average Bonchev–Trinajstić information content (AvgIpc) is 2.87. The highest BCUT2D eigenvalue weighted by Crippen LogP contribution is 2.33. The van der Waals surface area contributed by atoms with Crippen LogP contribution in [0.15, 0.2) is 94.4 Å². The Hall–Kier alpha value is -3.89. The van der Waals surface area contributed by atoms with E-state index >= 15 is 0 Å². The number of rotatable bonds is 12. The van der Waals surface area contributed by atoms with E-state index in [1.165, 1.54) is 6.20 Å². The second-order valence-corrected chi connectivity index (χ2v) is 8.50. The zero-order valence-electron chi connectivity index (χ0n) is 19.9. The molecule has 7 heteroatoms. The number of carbonyl (C=O) groups excluding carboxylic acids is 1. The maximum absolute atomic E-state index is 12.7. The van der Waals surface area contributed by atoms with Gasteiger partial charge < -0.3 is 20.1 Å². The van der Waals surface area contributed by atoms with Gasteiger partial charge in [0, 0.05) is 22.5 Å². The summed E-state index contributed by atoms with van der Waals surface area (Å²) in [5, 5.41) is 15.5. The van der Waals surface area contributed by atoms with Crippen LogP contribution in [-0.2, 0) is 11.2 Å². The average molecular weight is 488 g/mol. The summed E-state index contributed by atoms with van der Waals surface area (Å²) in [7, 11) is 0. The van der Waals surface area contributed by atoms with Crippen LogP contribution in [0.3, 0.4) is 0 Å². The van der Waals surface area contributed by atoms with Gasteiger partial charge in [-0.1, -0.05) is 48.2 Å². The van der Waals surface area contributed by atoms with E-state index in [1.54, 1.807) is 11.8 Å². The molecule has 6 nitrogen and oxygen atoms in total. The fraction of sp³-hybridized carbons (Fsp3) is 0.214. The monoisotopic (exact) mass is 487 g/mol. The molecular formula is C28H29N3O3S. The minimum atomic E-state index is -0.458. The van der Waals surface area contributed by atoms with E-state index in [-0.39, 0.29) is 5.57 Å². The smallest absolute Gasteiger partial charge is 0.267 e. The number of hydrogen-bond acceptors (Lipinski definition) is 6. The number of nitrogens with one attached hydrogen (secondary N) is 2. The number of benzene rings is 3. The van der Waals surface area contributed by atoms with Gasteiger partial charge in [-0.3, -0.25) is 4.79 Å². The Morgan fingerprint density at radius 3 is 2.43 bits per heavy atom. The number of para-hydroxylation sites is 1. The Labute approximate surface area is 211 Å². The number of nitrogens with zero attached hydrogens (tertiary/aromatic N) is 1. The van der Waals surface area contributed by atoms with Crippen LogP contribution in [0.5, 0.6) is 11.5 Å². The Bertz CT molecular complexity index is 1190. The van der Waals surface area contributed by atoms with E-state index in [1.807, 2.05) is 92.7 Å². The molecule has 3 rings (SSSR count). The topological polar surface area (TPSA) is 83.4 Å². The van der Waals surface area contributed by atoms with Crippen LogP contribution in [0.4, 0.5) is 5.69 Å². The molecule has 0 saturated carbocycles. The van der Waals surface area contributed by atoms with Crippen LogP contribution >= 0.6 is 11.8 Å². The largest absolute Gasteiger partial charge is 0.490 e. The summed E-state index contributed by atoms with van der Waals surface area (Å²) in [5.41, 5.74) is 1.73. The van der Waals surface area contributed by atoms with E-state index in [4.69, 9.17) is 9.47 Å². The molecule has 0 unspecified atom stereocenters. The predicted octanol–water partition coefficient (Wildman–Crippen LogP) is 5.81. The van der Waals surface area contributed by atoms with Crippen molar-refractivity contribution in [2.45, 2.75) is 30.1 Å². The van der Waals surface area contributed by atoms with Crippen molar-refractivity contribution >= 4 is 23.4 Å². The molecule has 2 N–H and O–H groups in total. The molecule has 0 bridgehead atoms. The normalized spacial score (nSPS) is 10.8. The summed E-state index contributed by atoms with van der Waals surface area (Å²) in [6, 6.07) is 25.3. The van der Waals surface area contributed by atoms with E-state index in [9.17, 15) is 10.1 Å². The molecule has 0 aliphatic carbocycles. The van der Waals surface area contributed by atoms with Crippen LogP contribution in [0.1, 0.15) is 19.4 Å². The molecule has 0 heterocycles. The molecule has 3 aromatic carbocycles. The zero-order valence-corrected chi connectivity index (χ0v) is 20.7. The van der Waals surface area contributed by atoms with Gasteiger partial charge in [0.05, 0.1) is 18.9 Å². The van der Waals surface area contributed by atoms with Gasteiger partial charge >= 0.3 is 0 Å². The summed E-state index contributed by atoms with van der Waals surface area (Å²) in [4.78, 5) is 14.7. The second kappa shape index (κ2) is 13.7. The quantitative estimate of drug-likeness (QED) is 0.190. The summed E-state index contributed by atoms with van der Waals surface area (Å²) < 4.78 is 11.3. The third kappa shape index (κ3) is 7.83. The first-order valence-corrected chi connectivity index (χ1v) is 12.3. The Balaban J connectivity index is 1.59. The van der Waals surface area contributed by atoms with Gasteiger partial charge in [0.2, 0.25) is 0 Å². The predicted molar refractivity (Wildman–Crippen MR) is 140 cm³/mol. The highest BCUT2D eigenvalue weighted by Gasteiger charge is 2.12. The minimum Gasteiger partial charge on any atom is -0.490 e. The molecule has 3 aromatic rings. The van der Waals surface area contributed by atoms with E-state index in [0.29, 0.717) is 37.6 Å². The molecule has 1 amide bonds. The van der Waals surface area contributed by atoms with Crippen molar-refractivity contribution in [1.29, 1.82) is 5.26 Å². The molecule has 0 spiro atoms. The highest BCUT2D eigenvalue weighted by molar-refractivity contribution is 7.99. The van der Waals surface area contributed by atoms with Crippen LogP contribution in [0.2, 0.25) is 0 Å². The van der Waals surface area contributed by atoms with Gasteiger partial charge in [0.1, 0.15) is 11.6 Å². The van der Waals surface area contributed by atoms with Crippen molar-refractivity contribution in [2.75, 3.05) is 25.1 Å². The van der Waals surface area contributed by atoms with Crippen LogP contribution in [-0.4, -0.2) is 25.7 Å². The molecule has 0 fully saturated rings. The van der Waals surface area contributed by atoms with Gasteiger partial charge in [0.25, 0.3) is 5.91 Å². The summed E-state index contributed by atoms with van der Waals surface area (Å²) in [6.45, 7) is 5.54. The first-order valence-electron chi connectivity index (χ1n) is 11.5. The zero-order chi connectivity index (χ0) is 24.9. The van der Waals surface area contributed by atoms with Crippen molar-refractivity contribution in [3.8, 4) is 17.6 Å². The molecular weight excluding hydrogens is 458 g/mol. The number of ether oxygens (including phenoxy) is 2. The van der Waals surface area contributed by atoms with Gasteiger partial charge in [-0.15, -0.1) is 0 Å². The third-order valence-corrected chi connectivity index (χ3v) is 5.97. The SMILES string of the molecule is CCOc1ccc(CCN/C=C(/C#N)C(=O)Nc2ccccc2Sc2ccccc2)cc1OCC. The molecule has 180 valence electrons. The third-order valence-electron chi connectivity index (χ3n) is 4.88. The van der Waals surface area contributed by atoms with Gasteiger partial charge in [-0.05, 0) is 62.2 Å². The molecule has 0 aliphatic rings. The maximum atomic E-state index is 12.7. The lowest BCUT2D eigenvalue weighted by atomic mass is 10.1. The number of carbonyl (C=O) groups is 1. The van der Waals surface area contributed by atoms with Crippen molar-refractivity contribution in [2.24, 2.45) is 0 Å². The van der Waals surface area contributed by atoms with Crippen molar-refractivity contribution in [3.63, 3.8) is 0 Å².